The Bertz CT molecular complexity index is 1780. The highest BCUT2D eigenvalue weighted by atomic mass is 35.5. The van der Waals surface area contributed by atoms with Crippen LogP contribution in [0.15, 0.2) is 102 Å². The summed E-state index contributed by atoms with van der Waals surface area (Å²) < 4.78 is 35.4. The number of rotatable bonds is 14. The number of carbonyl (C=O) groups excluding carboxylic acids is 2. The van der Waals surface area contributed by atoms with Crippen molar-refractivity contribution in [3.63, 3.8) is 0 Å². The van der Waals surface area contributed by atoms with Gasteiger partial charge in [-0.1, -0.05) is 97.7 Å². The van der Waals surface area contributed by atoms with Crippen LogP contribution in [0.5, 0.6) is 5.75 Å². The van der Waals surface area contributed by atoms with Gasteiger partial charge in [-0.3, -0.25) is 13.9 Å². The molecule has 1 N–H and O–H groups in total. The van der Waals surface area contributed by atoms with Gasteiger partial charge in [0.05, 0.1) is 17.7 Å². The van der Waals surface area contributed by atoms with Crippen LogP contribution in [0, 0.1) is 19.8 Å². The molecule has 0 heterocycles. The summed E-state index contributed by atoms with van der Waals surface area (Å²) in [6, 6.07) is 27.2. The lowest BCUT2D eigenvalue weighted by Crippen LogP contribution is -2.53. The van der Waals surface area contributed by atoms with E-state index in [2.05, 4.69) is 5.32 Å². The van der Waals surface area contributed by atoms with E-state index in [1.807, 2.05) is 58.0 Å². The van der Waals surface area contributed by atoms with Crippen molar-refractivity contribution in [3.05, 3.63) is 124 Å². The van der Waals surface area contributed by atoms with E-state index in [0.29, 0.717) is 17.1 Å². The minimum absolute atomic E-state index is 0.0194. The molecule has 2 amide bonds. The highest BCUT2D eigenvalue weighted by molar-refractivity contribution is 7.92. The molecule has 0 aromatic heterocycles. The molecule has 248 valence electrons. The van der Waals surface area contributed by atoms with E-state index in [9.17, 15) is 18.0 Å². The molecule has 0 aliphatic rings. The lowest BCUT2D eigenvalue weighted by molar-refractivity contribution is -0.140. The summed E-state index contributed by atoms with van der Waals surface area (Å²) in [5.74, 6) is -0.464. The van der Waals surface area contributed by atoms with Crippen molar-refractivity contribution in [1.29, 1.82) is 0 Å². The molecule has 10 heteroatoms. The Morgan fingerprint density at radius 3 is 2.15 bits per heavy atom. The fourth-order valence-corrected chi connectivity index (χ4v) is 6.74. The van der Waals surface area contributed by atoms with Crippen LogP contribution in [-0.2, 0) is 32.6 Å². The number of amides is 2. The maximum Gasteiger partial charge on any atom is 0.264 e. The number of benzene rings is 4. The average Bonchev–Trinajstić information content (AvgIpc) is 3.05. The predicted octanol–water partition coefficient (Wildman–Crippen LogP) is 6.57. The molecule has 4 rings (SSSR count). The van der Waals surface area contributed by atoms with E-state index in [1.54, 1.807) is 54.6 Å². The standard InChI is InChI=1S/C37H42ClN3O5S/c1-26(2)23-39-37(43)34(22-29-11-7-6-8-12-29)40(24-30-13-9-10-14-32(30)38)36(42)25-41(33-21-28(4)17-20-35(33)46-5)47(44,45)31-18-15-27(3)16-19-31/h6-21,26,34H,22-25H2,1-5H3,(H,39,43)/t34-/m1/s1. The van der Waals surface area contributed by atoms with Gasteiger partial charge in [0.25, 0.3) is 10.0 Å². The number of aryl methyl sites for hydroxylation is 2. The molecule has 0 spiro atoms. The minimum Gasteiger partial charge on any atom is -0.495 e. The van der Waals surface area contributed by atoms with Crippen molar-refractivity contribution in [2.45, 2.75) is 51.6 Å². The molecule has 0 radical (unpaired) electrons. The van der Waals surface area contributed by atoms with Gasteiger partial charge in [-0.05, 0) is 66.8 Å². The highest BCUT2D eigenvalue weighted by Gasteiger charge is 2.36. The number of nitrogens with zero attached hydrogens (tertiary/aromatic N) is 2. The molecule has 0 aliphatic heterocycles. The van der Waals surface area contributed by atoms with Crippen molar-refractivity contribution in [1.82, 2.24) is 10.2 Å². The van der Waals surface area contributed by atoms with E-state index in [1.165, 1.54) is 24.1 Å². The van der Waals surface area contributed by atoms with Gasteiger partial charge in [-0.25, -0.2) is 8.42 Å². The second-order valence-electron chi connectivity index (χ2n) is 12.0. The van der Waals surface area contributed by atoms with Gasteiger partial charge in [-0.15, -0.1) is 0 Å². The van der Waals surface area contributed by atoms with E-state index < -0.39 is 28.5 Å². The monoisotopic (exact) mass is 675 g/mol. The smallest absolute Gasteiger partial charge is 0.264 e. The summed E-state index contributed by atoms with van der Waals surface area (Å²) >= 11 is 6.58. The minimum atomic E-state index is -4.28. The number of ether oxygens (including phenoxy) is 1. The molecule has 0 saturated carbocycles. The largest absolute Gasteiger partial charge is 0.495 e. The van der Waals surface area contributed by atoms with Gasteiger partial charge in [0.1, 0.15) is 18.3 Å². The summed E-state index contributed by atoms with van der Waals surface area (Å²) in [7, 11) is -2.83. The molecule has 4 aromatic rings. The van der Waals surface area contributed by atoms with Gasteiger partial charge in [0, 0.05) is 24.5 Å². The number of hydrogen-bond acceptors (Lipinski definition) is 5. The van der Waals surface area contributed by atoms with E-state index >= 15 is 0 Å². The molecule has 0 fully saturated rings. The van der Waals surface area contributed by atoms with E-state index in [4.69, 9.17) is 16.3 Å². The molecule has 4 aromatic carbocycles. The third-order valence-electron chi connectivity index (χ3n) is 7.75. The second kappa shape index (κ2) is 16.0. The predicted molar refractivity (Wildman–Crippen MR) is 187 cm³/mol. The number of nitrogens with one attached hydrogen (secondary N) is 1. The van der Waals surface area contributed by atoms with Gasteiger partial charge in [0.15, 0.2) is 0 Å². The average molecular weight is 676 g/mol. The topological polar surface area (TPSA) is 96.0 Å². The molecule has 1 atom stereocenters. The fraction of sp³-hybridized carbons (Fsp3) is 0.297. The van der Waals surface area contributed by atoms with Crippen molar-refractivity contribution < 1.29 is 22.7 Å². The van der Waals surface area contributed by atoms with Crippen molar-refractivity contribution >= 4 is 39.1 Å². The van der Waals surface area contributed by atoms with Crippen molar-refractivity contribution in [2.24, 2.45) is 5.92 Å². The zero-order valence-electron chi connectivity index (χ0n) is 27.4. The molecule has 0 aliphatic carbocycles. The number of anilines is 1. The Morgan fingerprint density at radius 1 is 0.872 bits per heavy atom. The maximum absolute atomic E-state index is 14.7. The Labute approximate surface area is 283 Å². The van der Waals surface area contributed by atoms with Gasteiger partial charge >= 0.3 is 0 Å². The number of methoxy groups -OCH3 is 1. The molecule has 0 unspecified atom stereocenters. The van der Waals surface area contributed by atoms with Crippen LogP contribution in [0.1, 0.15) is 36.1 Å². The normalized spacial score (nSPS) is 12.0. The first kappa shape index (κ1) is 35.5. The lowest BCUT2D eigenvalue weighted by Gasteiger charge is -2.34. The van der Waals surface area contributed by atoms with Gasteiger partial charge in [0.2, 0.25) is 11.8 Å². The Kier molecular flexibility index (Phi) is 12.1. The fourth-order valence-electron chi connectivity index (χ4n) is 5.13. The molecule has 8 nitrogen and oxygen atoms in total. The number of halogens is 1. The third kappa shape index (κ3) is 9.14. The Hall–Kier alpha value is -4.34. The summed E-state index contributed by atoms with van der Waals surface area (Å²) in [6.45, 7) is 7.47. The van der Waals surface area contributed by atoms with E-state index in [0.717, 1.165) is 21.0 Å². The van der Waals surface area contributed by atoms with Crippen LogP contribution in [0.25, 0.3) is 0 Å². The zero-order valence-corrected chi connectivity index (χ0v) is 29.0. The third-order valence-corrected chi connectivity index (χ3v) is 9.89. The van der Waals surface area contributed by atoms with Gasteiger partial charge in [-0.2, -0.15) is 0 Å². The molecule has 0 bridgehead atoms. The number of carbonyl (C=O) groups is 2. The Balaban J connectivity index is 1.86. The lowest BCUT2D eigenvalue weighted by atomic mass is 10.0. The van der Waals surface area contributed by atoms with Crippen LogP contribution in [0.3, 0.4) is 0 Å². The molecule has 47 heavy (non-hydrogen) atoms. The van der Waals surface area contributed by atoms with Crippen LogP contribution >= 0.6 is 11.6 Å². The molecule has 0 saturated heterocycles. The quantitative estimate of drug-likeness (QED) is 0.163. The van der Waals surface area contributed by atoms with Crippen LogP contribution in [-0.4, -0.2) is 51.4 Å². The van der Waals surface area contributed by atoms with Crippen molar-refractivity contribution in [2.75, 3.05) is 24.5 Å². The van der Waals surface area contributed by atoms with Crippen LogP contribution in [0.4, 0.5) is 5.69 Å². The van der Waals surface area contributed by atoms with Crippen LogP contribution < -0.4 is 14.4 Å². The number of sulfonamides is 1. The summed E-state index contributed by atoms with van der Waals surface area (Å²) in [6.07, 6.45) is 0.208. The molecular formula is C37H42ClN3O5S. The van der Waals surface area contributed by atoms with Crippen molar-refractivity contribution in [3.8, 4) is 5.75 Å². The zero-order chi connectivity index (χ0) is 34.1. The van der Waals surface area contributed by atoms with E-state index in [-0.39, 0.29) is 41.1 Å². The number of hydrogen-bond donors (Lipinski definition) is 1. The first-order valence-electron chi connectivity index (χ1n) is 15.5. The van der Waals surface area contributed by atoms with Crippen LogP contribution in [0.2, 0.25) is 5.02 Å². The van der Waals surface area contributed by atoms with Gasteiger partial charge < -0.3 is 15.0 Å². The summed E-state index contributed by atoms with van der Waals surface area (Å²) in [4.78, 5) is 30.1. The molecular weight excluding hydrogens is 634 g/mol. The Morgan fingerprint density at radius 2 is 1.51 bits per heavy atom. The highest BCUT2D eigenvalue weighted by Crippen LogP contribution is 2.34. The second-order valence-corrected chi connectivity index (χ2v) is 14.2. The first-order chi connectivity index (χ1) is 22.4. The maximum atomic E-state index is 14.7. The first-order valence-corrected chi connectivity index (χ1v) is 17.3. The summed E-state index contributed by atoms with van der Waals surface area (Å²) in [5, 5.41) is 3.42. The SMILES string of the molecule is COc1ccc(C)cc1N(CC(=O)N(Cc1ccccc1Cl)[C@H](Cc1ccccc1)C(=O)NCC(C)C)S(=O)(=O)c1ccc(C)cc1. The summed E-state index contributed by atoms with van der Waals surface area (Å²) in [5.41, 5.74) is 3.35.